The number of nitrogens with two attached hydrogens (primary N) is 1. The molecule has 2 heterocycles. The summed E-state index contributed by atoms with van der Waals surface area (Å²) in [4.78, 5) is 8.17. The molecule has 1 aromatic heterocycles. The van der Waals surface area contributed by atoms with Crippen molar-refractivity contribution in [1.82, 2.24) is 4.90 Å². The van der Waals surface area contributed by atoms with E-state index in [-0.39, 0.29) is 5.54 Å². The lowest BCUT2D eigenvalue weighted by molar-refractivity contribution is 0.138. The molecule has 18 heavy (non-hydrogen) atoms. The van der Waals surface area contributed by atoms with E-state index in [1.165, 1.54) is 30.6 Å². The third kappa shape index (κ3) is 2.14. The minimum Gasteiger partial charge on any atom is -0.370 e. The van der Waals surface area contributed by atoms with Crippen molar-refractivity contribution in [2.45, 2.75) is 44.7 Å². The van der Waals surface area contributed by atoms with E-state index in [9.17, 15) is 0 Å². The van der Waals surface area contributed by atoms with Crippen molar-refractivity contribution in [2.75, 3.05) is 6.54 Å². The van der Waals surface area contributed by atoms with Crippen LogP contribution in [0.15, 0.2) is 22.5 Å². The summed E-state index contributed by atoms with van der Waals surface area (Å²) >= 11 is 1.80. The SMILES string of the molecule is CC1(CC2CCC2)CN=C(N)N1Cc1cccs1. The molecule has 0 aromatic carbocycles. The maximum atomic E-state index is 6.09. The Labute approximate surface area is 113 Å². The van der Waals surface area contributed by atoms with Gasteiger partial charge in [-0.2, -0.15) is 0 Å². The van der Waals surface area contributed by atoms with Crippen LogP contribution in [0.5, 0.6) is 0 Å². The Hall–Kier alpha value is -1.03. The number of rotatable bonds is 4. The first kappa shape index (κ1) is 12.0. The molecule has 0 radical (unpaired) electrons. The van der Waals surface area contributed by atoms with Gasteiger partial charge in [-0.3, -0.25) is 4.99 Å². The van der Waals surface area contributed by atoms with Gasteiger partial charge in [0, 0.05) is 4.88 Å². The summed E-state index contributed by atoms with van der Waals surface area (Å²) in [6.45, 7) is 4.10. The summed E-state index contributed by atoms with van der Waals surface area (Å²) in [6, 6.07) is 4.28. The number of aliphatic imine (C=N–C) groups is 1. The van der Waals surface area contributed by atoms with Gasteiger partial charge in [-0.25, -0.2) is 0 Å². The summed E-state index contributed by atoms with van der Waals surface area (Å²) in [7, 11) is 0. The molecule has 1 saturated carbocycles. The predicted molar refractivity (Wildman–Crippen MR) is 76.7 cm³/mol. The van der Waals surface area contributed by atoms with Crippen molar-refractivity contribution >= 4 is 17.3 Å². The van der Waals surface area contributed by atoms with Gasteiger partial charge in [0.15, 0.2) is 5.96 Å². The standard InChI is InChI=1S/C14H21N3S/c1-14(8-11-4-2-5-11)10-16-13(15)17(14)9-12-6-3-7-18-12/h3,6-7,11H,2,4-5,8-10H2,1H3,(H2,15,16). The van der Waals surface area contributed by atoms with E-state index < -0.39 is 0 Å². The fourth-order valence-electron chi connectivity index (χ4n) is 3.02. The second kappa shape index (κ2) is 4.57. The van der Waals surface area contributed by atoms with Gasteiger partial charge in [-0.05, 0) is 30.7 Å². The van der Waals surface area contributed by atoms with Crippen molar-refractivity contribution in [2.24, 2.45) is 16.6 Å². The number of nitrogens with zero attached hydrogens (tertiary/aromatic N) is 2. The molecule has 1 aliphatic carbocycles. The van der Waals surface area contributed by atoms with E-state index in [4.69, 9.17) is 5.73 Å². The summed E-state index contributed by atoms with van der Waals surface area (Å²) in [6.07, 6.45) is 5.43. The van der Waals surface area contributed by atoms with Crippen molar-refractivity contribution in [3.8, 4) is 0 Å². The third-order valence-electron chi connectivity index (χ3n) is 4.36. The van der Waals surface area contributed by atoms with Crippen molar-refractivity contribution in [1.29, 1.82) is 0 Å². The molecule has 98 valence electrons. The smallest absolute Gasteiger partial charge is 0.192 e. The van der Waals surface area contributed by atoms with Gasteiger partial charge in [0.2, 0.25) is 0 Å². The van der Waals surface area contributed by atoms with Crippen LogP contribution < -0.4 is 5.73 Å². The Morgan fingerprint density at radius 1 is 1.56 bits per heavy atom. The van der Waals surface area contributed by atoms with E-state index >= 15 is 0 Å². The van der Waals surface area contributed by atoms with Gasteiger partial charge in [-0.1, -0.05) is 25.3 Å². The monoisotopic (exact) mass is 263 g/mol. The van der Waals surface area contributed by atoms with E-state index in [0.717, 1.165) is 25.0 Å². The molecule has 3 rings (SSSR count). The molecule has 0 saturated heterocycles. The van der Waals surface area contributed by atoms with E-state index in [1.807, 2.05) is 0 Å². The van der Waals surface area contributed by atoms with E-state index in [2.05, 4.69) is 34.3 Å². The first-order valence-corrected chi connectivity index (χ1v) is 7.65. The largest absolute Gasteiger partial charge is 0.370 e. The zero-order chi connectivity index (χ0) is 12.6. The molecule has 4 heteroatoms. The molecule has 2 aliphatic rings. The molecule has 0 spiro atoms. The molecule has 1 fully saturated rings. The van der Waals surface area contributed by atoms with Crippen molar-refractivity contribution < 1.29 is 0 Å². The Kier molecular flexibility index (Phi) is 3.06. The summed E-state index contributed by atoms with van der Waals surface area (Å²) in [5.74, 6) is 1.62. The molecular weight excluding hydrogens is 242 g/mol. The van der Waals surface area contributed by atoms with Crippen LogP contribution in [0.4, 0.5) is 0 Å². The van der Waals surface area contributed by atoms with Gasteiger partial charge < -0.3 is 10.6 Å². The predicted octanol–water partition coefficient (Wildman–Crippen LogP) is 2.83. The highest BCUT2D eigenvalue weighted by Gasteiger charge is 2.40. The summed E-state index contributed by atoms with van der Waals surface area (Å²) < 4.78 is 0. The molecule has 3 nitrogen and oxygen atoms in total. The maximum Gasteiger partial charge on any atom is 0.192 e. The topological polar surface area (TPSA) is 41.6 Å². The Morgan fingerprint density at radius 2 is 2.39 bits per heavy atom. The van der Waals surface area contributed by atoms with Crippen molar-refractivity contribution in [3.05, 3.63) is 22.4 Å². The average Bonchev–Trinajstić information content (AvgIpc) is 2.89. The average molecular weight is 263 g/mol. The van der Waals surface area contributed by atoms with Gasteiger partial charge >= 0.3 is 0 Å². The first-order chi connectivity index (χ1) is 8.67. The zero-order valence-corrected chi connectivity index (χ0v) is 11.7. The normalized spacial score (nSPS) is 28.3. The zero-order valence-electron chi connectivity index (χ0n) is 10.9. The van der Waals surface area contributed by atoms with E-state index in [0.29, 0.717) is 0 Å². The molecule has 2 N–H and O–H groups in total. The van der Waals surface area contributed by atoms with Gasteiger partial charge in [0.25, 0.3) is 0 Å². The lowest BCUT2D eigenvalue weighted by Crippen LogP contribution is -2.50. The molecule has 1 unspecified atom stereocenters. The van der Waals surface area contributed by atoms with Gasteiger partial charge in [0.05, 0.1) is 18.6 Å². The molecule has 0 amide bonds. The van der Waals surface area contributed by atoms with Gasteiger partial charge in [0.1, 0.15) is 0 Å². The van der Waals surface area contributed by atoms with Crippen LogP contribution in [-0.2, 0) is 6.54 Å². The minimum atomic E-state index is 0.138. The number of hydrogen-bond donors (Lipinski definition) is 1. The Morgan fingerprint density at radius 3 is 3.00 bits per heavy atom. The lowest BCUT2D eigenvalue weighted by Gasteiger charge is -2.40. The lowest BCUT2D eigenvalue weighted by atomic mass is 9.76. The molecule has 0 bridgehead atoms. The van der Waals surface area contributed by atoms with Crippen LogP contribution in [0.2, 0.25) is 0 Å². The maximum absolute atomic E-state index is 6.09. The highest BCUT2D eigenvalue weighted by molar-refractivity contribution is 7.09. The van der Waals surface area contributed by atoms with Crippen LogP contribution in [0.25, 0.3) is 0 Å². The number of guanidine groups is 1. The molecule has 1 atom stereocenters. The fraction of sp³-hybridized carbons (Fsp3) is 0.643. The van der Waals surface area contributed by atoms with E-state index in [1.54, 1.807) is 11.3 Å². The number of hydrogen-bond acceptors (Lipinski definition) is 4. The Bertz CT molecular complexity index is 436. The minimum absolute atomic E-state index is 0.138. The van der Waals surface area contributed by atoms with Crippen LogP contribution in [0, 0.1) is 5.92 Å². The molecule has 1 aliphatic heterocycles. The van der Waals surface area contributed by atoms with Crippen LogP contribution in [0.1, 0.15) is 37.5 Å². The van der Waals surface area contributed by atoms with Crippen LogP contribution in [-0.4, -0.2) is 22.9 Å². The van der Waals surface area contributed by atoms with Crippen molar-refractivity contribution in [3.63, 3.8) is 0 Å². The molecule has 1 aromatic rings. The first-order valence-electron chi connectivity index (χ1n) is 6.77. The second-order valence-corrected chi connectivity index (χ2v) is 6.87. The van der Waals surface area contributed by atoms with Crippen LogP contribution >= 0.6 is 11.3 Å². The van der Waals surface area contributed by atoms with Gasteiger partial charge in [-0.15, -0.1) is 11.3 Å². The van der Waals surface area contributed by atoms with Crippen LogP contribution in [0.3, 0.4) is 0 Å². The summed E-state index contributed by atoms with van der Waals surface area (Å²) in [5.41, 5.74) is 6.22. The quantitative estimate of drug-likeness (QED) is 0.907. The highest BCUT2D eigenvalue weighted by atomic mass is 32.1. The second-order valence-electron chi connectivity index (χ2n) is 5.84. The highest BCUT2D eigenvalue weighted by Crippen LogP contribution is 2.38. The Balaban J connectivity index is 1.73. The number of thiophene rings is 1. The summed E-state index contributed by atoms with van der Waals surface area (Å²) in [5, 5.41) is 2.13. The third-order valence-corrected chi connectivity index (χ3v) is 5.22. The fourth-order valence-corrected chi connectivity index (χ4v) is 3.72. The molecular formula is C14H21N3S.